The predicted octanol–water partition coefficient (Wildman–Crippen LogP) is 5.43. The van der Waals surface area contributed by atoms with Gasteiger partial charge in [-0.2, -0.15) is 0 Å². The van der Waals surface area contributed by atoms with Crippen LogP contribution in [0.4, 0.5) is 0 Å². The molecule has 0 radical (unpaired) electrons. The molecule has 0 saturated carbocycles. The molecule has 6 heteroatoms. The van der Waals surface area contributed by atoms with Crippen molar-refractivity contribution in [2.75, 3.05) is 12.3 Å². The second-order valence-electron chi connectivity index (χ2n) is 5.77. The van der Waals surface area contributed by atoms with E-state index in [2.05, 4.69) is 4.98 Å². The molecule has 3 nitrogen and oxygen atoms in total. The summed E-state index contributed by atoms with van der Waals surface area (Å²) in [6, 6.07) is 15.1. The van der Waals surface area contributed by atoms with Crippen LogP contribution in [0.15, 0.2) is 54.7 Å². The average Bonchev–Trinajstić information content (AvgIpc) is 3.10. The van der Waals surface area contributed by atoms with E-state index in [1.54, 1.807) is 30.1 Å². The largest absolute Gasteiger partial charge is 0.320 e. The zero-order chi connectivity index (χ0) is 17.4. The second-order valence-corrected chi connectivity index (χ2v) is 7.80. The summed E-state index contributed by atoms with van der Waals surface area (Å²) in [5.74, 6) is 0.790. The van der Waals surface area contributed by atoms with Gasteiger partial charge in [0.2, 0.25) is 0 Å². The highest BCUT2D eigenvalue weighted by molar-refractivity contribution is 7.99. The van der Waals surface area contributed by atoms with Crippen molar-refractivity contribution in [3.05, 3.63) is 76.0 Å². The highest BCUT2D eigenvalue weighted by atomic mass is 35.5. The third kappa shape index (κ3) is 3.10. The molecule has 1 unspecified atom stereocenters. The van der Waals surface area contributed by atoms with Crippen molar-refractivity contribution in [3.8, 4) is 0 Å². The quantitative estimate of drug-likeness (QED) is 0.586. The molecular formula is C19H14Cl2N2OS. The van der Waals surface area contributed by atoms with Gasteiger partial charge in [0.15, 0.2) is 0 Å². The minimum Gasteiger partial charge on any atom is -0.320 e. The minimum atomic E-state index is -0.127. The summed E-state index contributed by atoms with van der Waals surface area (Å²) in [6.07, 6.45) is 1.68. The first kappa shape index (κ1) is 16.7. The Balaban J connectivity index is 1.73. The highest BCUT2D eigenvalue weighted by Crippen LogP contribution is 2.42. The van der Waals surface area contributed by atoms with Crippen LogP contribution in [0.25, 0.3) is 10.8 Å². The van der Waals surface area contributed by atoms with E-state index in [0.29, 0.717) is 22.3 Å². The lowest BCUT2D eigenvalue weighted by atomic mass is 10.1. The Morgan fingerprint density at radius 3 is 2.84 bits per heavy atom. The maximum absolute atomic E-state index is 13.2. The number of hydrogen-bond donors (Lipinski definition) is 0. The Morgan fingerprint density at radius 2 is 2.00 bits per heavy atom. The number of rotatable bonds is 2. The van der Waals surface area contributed by atoms with Crippen molar-refractivity contribution in [3.63, 3.8) is 0 Å². The number of aromatic nitrogens is 1. The van der Waals surface area contributed by atoms with E-state index in [1.807, 2.05) is 41.3 Å². The average molecular weight is 389 g/mol. The fourth-order valence-electron chi connectivity index (χ4n) is 3.06. The van der Waals surface area contributed by atoms with Crippen LogP contribution in [0.5, 0.6) is 0 Å². The molecule has 0 spiro atoms. The molecule has 4 rings (SSSR count). The predicted molar refractivity (Wildman–Crippen MR) is 104 cm³/mol. The number of hydrogen-bond acceptors (Lipinski definition) is 3. The van der Waals surface area contributed by atoms with Crippen LogP contribution in [0.3, 0.4) is 0 Å². The monoisotopic (exact) mass is 388 g/mol. The van der Waals surface area contributed by atoms with Crippen LogP contribution < -0.4 is 0 Å². The van der Waals surface area contributed by atoms with Crippen LogP contribution >= 0.6 is 35.0 Å². The van der Waals surface area contributed by atoms with E-state index in [1.165, 1.54) is 0 Å². The number of nitrogens with zero attached hydrogens (tertiary/aromatic N) is 2. The van der Waals surface area contributed by atoms with Crippen LogP contribution in [-0.2, 0) is 0 Å². The fourth-order valence-corrected chi connectivity index (χ4v) is 4.93. The number of carbonyl (C=O) groups is 1. The highest BCUT2D eigenvalue weighted by Gasteiger charge is 2.33. The van der Waals surface area contributed by atoms with Crippen molar-refractivity contribution >= 4 is 51.6 Å². The molecule has 1 fully saturated rings. The van der Waals surface area contributed by atoms with Gasteiger partial charge in [0.1, 0.15) is 11.1 Å². The number of amides is 1. The third-order valence-corrected chi connectivity index (χ3v) is 6.06. The number of pyridine rings is 1. The summed E-state index contributed by atoms with van der Waals surface area (Å²) < 4.78 is 0. The lowest BCUT2D eigenvalue weighted by molar-refractivity contribution is 0.0756. The minimum absolute atomic E-state index is 0.0715. The Kier molecular flexibility index (Phi) is 4.59. The summed E-state index contributed by atoms with van der Waals surface area (Å²) in [4.78, 5) is 19.4. The number of halogens is 2. The first-order chi connectivity index (χ1) is 12.1. The van der Waals surface area contributed by atoms with E-state index in [9.17, 15) is 4.79 Å². The molecule has 0 bridgehead atoms. The lowest BCUT2D eigenvalue weighted by Gasteiger charge is -2.25. The molecule has 0 aliphatic carbocycles. The summed E-state index contributed by atoms with van der Waals surface area (Å²) in [6.45, 7) is 0.665. The maximum Gasteiger partial charge on any atom is 0.274 e. The molecule has 1 amide bonds. The smallest absolute Gasteiger partial charge is 0.274 e. The molecule has 1 aliphatic rings. The fraction of sp³-hybridized carbons (Fsp3) is 0.158. The van der Waals surface area contributed by atoms with Gasteiger partial charge in [-0.15, -0.1) is 11.8 Å². The van der Waals surface area contributed by atoms with Crippen molar-refractivity contribution in [1.82, 2.24) is 9.88 Å². The number of thioether (sulfide) groups is 1. The van der Waals surface area contributed by atoms with Crippen molar-refractivity contribution in [1.29, 1.82) is 0 Å². The number of carbonyl (C=O) groups excluding carboxylic acids is 1. The summed E-state index contributed by atoms with van der Waals surface area (Å²) >= 11 is 14.1. The molecular weight excluding hydrogens is 375 g/mol. The van der Waals surface area contributed by atoms with Gasteiger partial charge in [-0.1, -0.05) is 53.5 Å². The Bertz CT molecular complexity index is 958. The van der Waals surface area contributed by atoms with Crippen molar-refractivity contribution in [2.24, 2.45) is 0 Å². The molecule has 1 aliphatic heterocycles. The number of fused-ring (bicyclic) bond motifs is 1. The Morgan fingerprint density at radius 1 is 1.16 bits per heavy atom. The van der Waals surface area contributed by atoms with Crippen LogP contribution in [0.1, 0.15) is 21.4 Å². The number of benzene rings is 2. The van der Waals surface area contributed by atoms with E-state index in [4.69, 9.17) is 23.2 Å². The van der Waals surface area contributed by atoms with Gasteiger partial charge < -0.3 is 4.90 Å². The van der Waals surface area contributed by atoms with Crippen LogP contribution in [-0.4, -0.2) is 28.1 Å². The van der Waals surface area contributed by atoms with Crippen LogP contribution in [0, 0.1) is 0 Å². The van der Waals surface area contributed by atoms with Gasteiger partial charge in [-0.3, -0.25) is 9.78 Å². The van der Waals surface area contributed by atoms with Crippen molar-refractivity contribution in [2.45, 2.75) is 5.37 Å². The SMILES string of the molecule is O=C(c1nccc2ccccc12)N1CCSC1c1ccc(Cl)cc1Cl. The first-order valence-corrected chi connectivity index (χ1v) is 9.67. The topological polar surface area (TPSA) is 33.2 Å². The standard InChI is InChI=1S/C19H14Cl2N2OS/c20-13-5-6-15(16(21)11-13)19-23(9-10-25-19)18(24)17-14-4-2-1-3-12(14)7-8-22-17/h1-8,11,19H,9-10H2. The third-order valence-electron chi connectivity index (χ3n) is 4.26. The normalized spacial score (nSPS) is 17.2. The van der Waals surface area contributed by atoms with Gasteiger partial charge in [0, 0.05) is 39.5 Å². The van der Waals surface area contributed by atoms with Gasteiger partial charge >= 0.3 is 0 Å². The molecule has 1 saturated heterocycles. The van der Waals surface area contributed by atoms with E-state index >= 15 is 0 Å². The van der Waals surface area contributed by atoms with E-state index < -0.39 is 0 Å². The maximum atomic E-state index is 13.2. The molecule has 1 aromatic heterocycles. The van der Waals surface area contributed by atoms with E-state index in [-0.39, 0.29) is 11.3 Å². The molecule has 2 heterocycles. The first-order valence-electron chi connectivity index (χ1n) is 7.86. The molecule has 0 N–H and O–H groups in total. The van der Waals surface area contributed by atoms with Crippen molar-refractivity contribution < 1.29 is 4.79 Å². The van der Waals surface area contributed by atoms with Gasteiger partial charge in [0.05, 0.1) is 0 Å². The lowest BCUT2D eigenvalue weighted by Crippen LogP contribution is -2.31. The molecule has 3 aromatic rings. The van der Waals surface area contributed by atoms with Gasteiger partial charge in [0.25, 0.3) is 5.91 Å². The summed E-state index contributed by atoms with van der Waals surface area (Å²) in [7, 11) is 0. The second kappa shape index (κ2) is 6.87. The van der Waals surface area contributed by atoms with Gasteiger partial charge in [-0.25, -0.2) is 0 Å². The molecule has 2 aromatic carbocycles. The van der Waals surface area contributed by atoms with E-state index in [0.717, 1.165) is 22.1 Å². The molecule has 126 valence electrons. The summed E-state index contributed by atoms with van der Waals surface area (Å²) in [5.41, 5.74) is 1.39. The Hall–Kier alpha value is -1.75. The van der Waals surface area contributed by atoms with Crippen LogP contribution in [0.2, 0.25) is 10.0 Å². The molecule has 1 atom stereocenters. The zero-order valence-electron chi connectivity index (χ0n) is 13.2. The van der Waals surface area contributed by atoms with Gasteiger partial charge in [-0.05, 0) is 23.6 Å². The summed E-state index contributed by atoms with van der Waals surface area (Å²) in [5, 5.41) is 2.92. The zero-order valence-corrected chi connectivity index (χ0v) is 15.5. The Labute approximate surface area is 159 Å². The molecule has 25 heavy (non-hydrogen) atoms.